The molecule has 4 N–H and O–H groups in total. The smallest absolute Gasteiger partial charge is 0.273 e. The van der Waals surface area contributed by atoms with E-state index in [1.165, 1.54) is 12.8 Å². The van der Waals surface area contributed by atoms with Gasteiger partial charge in [-0.2, -0.15) is 5.10 Å². The van der Waals surface area contributed by atoms with E-state index in [0.717, 1.165) is 18.8 Å². The van der Waals surface area contributed by atoms with Crippen molar-refractivity contribution in [3.05, 3.63) is 11.4 Å². The van der Waals surface area contributed by atoms with Crippen molar-refractivity contribution >= 4 is 11.6 Å². The number of H-pyrrole nitrogens is 1. The summed E-state index contributed by atoms with van der Waals surface area (Å²) in [5.41, 5.74) is 7.25. The summed E-state index contributed by atoms with van der Waals surface area (Å²) in [6, 6.07) is 0. The van der Waals surface area contributed by atoms with E-state index >= 15 is 0 Å². The zero-order valence-electron chi connectivity index (χ0n) is 11.0. The minimum Gasteiger partial charge on any atom is -0.395 e. The maximum absolute atomic E-state index is 11.9. The molecule has 1 aromatic heterocycles. The van der Waals surface area contributed by atoms with Gasteiger partial charge >= 0.3 is 0 Å². The van der Waals surface area contributed by atoms with E-state index in [-0.39, 0.29) is 5.91 Å². The van der Waals surface area contributed by atoms with Crippen molar-refractivity contribution in [3.63, 3.8) is 0 Å². The molecule has 0 radical (unpaired) electrons. The van der Waals surface area contributed by atoms with E-state index in [1.54, 1.807) is 6.92 Å². The van der Waals surface area contributed by atoms with E-state index in [4.69, 9.17) is 5.73 Å². The Hall–Kier alpha value is -1.56. The molecule has 0 bridgehead atoms. The molecule has 1 aliphatic rings. The van der Waals surface area contributed by atoms with Crippen LogP contribution in [0.3, 0.4) is 0 Å². The molecule has 1 unspecified atom stereocenters. The number of amides is 1. The number of nitrogens with zero attached hydrogens (tertiary/aromatic N) is 2. The number of likely N-dealkylation sites (tertiary alicyclic amines) is 1. The van der Waals surface area contributed by atoms with Crippen LogP contribution in [-0.2, 0) is 0 Å². The molecule has 1 saturated heterocycles. The van der Waals surface area contributed by atoms with Crippen LogP contribution in [0.2, 0.25) is 0 Å². The number of piperidine rings is 1. The van der Waals surface area contributed by atoms with Gasteiger partial charge in [0.05, 0.1) is 11.4 Å². The topological polar surface area (TPSA) is 87.0 Å². The molecule has 0 spiro atoms. The van der Waals surface area contributed by atoms with Crippen LogP contribution in [0.25, 0.3) is 0 Å². The number of nitrogens with one attached hydrogen (secondary N) is 2. The first-order valence-corrected chi connectivity index (χ1v) is 6.35. The van der Waals surface area contributed by atoms with Crippen LogP contribution in [-0.4, -0.2) is 47.7 Å². The van der Waals surface area contributed by atoms with Gasteiger partial charge in [0.25, 0.3) is 5.91 Å². The first kappa shape index (κ1) is 12.9. The highest BCUT2D eigenvalue weighted by atomic mass is 16.1. The molecule has 1 aromatic rings. The summed E-state index contributed by atoms with van der Waals surface area (Å²) in [6.45, 7) is 4.68. The van der Waals surface area contributed by atoms with Crippen LogP contribution in [0.1, 0.15) is 29.0 Å². The van der Waals surface area contributed by atoms with Gasteiger partial charge in [0.15, 0.2) is 5.69 Å². The molecule has 0 saturated carbocycles. The Bertz CT molecular complexity index is 428. The third-order valence-corrected chi connectivity index (χ3v) is 3.48. The van der Waals surface area contributed by atoms with Crippen molar-refractivity contribution in [2.75, 3.05) is 32.4 Å². The lowest BCUT2D eigenvalue weighted by Crippen LogP contribution is -2.39. The lowest BCUT2D eigenvalue weighted by molar-refractivity contribution is 0.0932. The summed E-state index contributed by atoms with van der Waals surface area (Å²) in [5.74, 6) is 0.332. The van der Waals surface area contributed by atoms with Gasteiger partial charge in [-0.05, 0) is 39.3 Å². The van der Waals surface area contributed by atoms with Gasteiger partial charge in [-0.15, -0.1) is 0 Å². The highest BCUT2D eigenvalue weighted by molar-refractivity contribution is 5.97. The van der Waals surface area contributed by atoms with Gasteiger partial charge < -0.3 is 16.0 Å². The fourth-order valence-electron chi connectivity index (χ4n) is 2.37. The van der Waals surface area contributed by atoms with E-state index in [0.29, 0.717) is 23.8 Å². The first-order valence-electron chi connectivity index (χ1n) is 6.35. The van der Waals surface area contributed by atoms with Gasteiger partial charge in [-0.3, -0.25) is 9.89 Å². The SMILES string of the molecule is Cc1[nH]nc(C(=O)NCC2CCCN(C)C2)c1N. The lowest BCUT2D eigenvalue weighted by atomic mass is 9.98. The molecule has 1 atom stereocenters. The van der Waals surface area contributed by atoms with E-state index in [9.17, 15) is 4.79 Å². The Morgan fingerprint density at radius 1 is 1.67 bits per heavy atom. The number of nitrogens with two attached hydrogens (primary N) is 1. The number of aromatic nitrogens is 2. The molecule has 6 nitrogen and oxygen atoms in total. The molecule has 2 heterocycles. The molecule has 18 heavy (non-hydrogen) atoms. The molecule has 2 rings (SSSR count). The number of rotatable bonds is 3. The molecule has 6 heteroatoms. The normalized spacial score (nSPS) is 20.9. The van der Waals surface area contributed by atoms with Crippen molar-refractivity contribution < 1.29 is 4.79 Å². The molecule has 0 aliphatic carbocycles. The van der Waals surface area contributed by atoms with Crippen LogP contribution in [0.15, 0.2) is 0 Å². The van der Waals surface area contributed by atoms with Crippen LogP contribution in [0, 0.1) is 12.8 Å². The van der Waals surface area contributed by atoms with Gasteiger partial charge in [-0.1, -0.05) is 0 Å². The molecule has 0 aromatic carbocycles. The summed E-state index contributed by atoms with van der Waals surface area (Å²) in [5, 5.41) is 9.56. The highest BCUT2D eigenvalue weighted by Crippen LogP contribution is 2.15. The Morgan fingerprint density at radius 2 is 2.44 bits per heavy atom. The van der Waals surface area contributed by atoms with Crippen LogP contribution in [0.4, 0.5) is 5.69 Å². The fourth-order valence-corrected chi connectivity index (χ4v) is 2.37. The summed E-state index contributed by atoms with van der Waals surface area (Å²) in [6.07, 6.45) is 2.36. The Labute approximate surface area is 107 Å². The predicted molar refractivity (Wildman–Crippen MR) is 70.3 cm³/mol. The number of nitrogen functional groups attached to an aromatic ring is 1. The predicted octanol–water partition coefficient (Wildman–Crippen LogP) is 0.372. The number of hydrogen-bond donors (Lipinski definition) is 3. The zero-order valence-corrected chi connectivity index (χ0v) is 11.0. The summed E-state index contributed by atoms with van der Waals surface area (Å²) in [7, 11) is 2.11. The van der Waals surface area contributed by atoms with Gasteiger partial charge in [0.1, 0.15) is 0 Å². The molecular weight excluding hydrogens is 230 g/mol. The summed E-state index contributed by atoms with van der Waals surface area (Å²) < 4.78 is 0. The second-order valence-electron chi connectivity index (χ2n) is 5.09. The Morgan fingerprint density at radius 3 is 3.06 bits per heavy atom. The minimum absolute atomic E-state index is 0.190. The molecule has 100 valence electrons. The van der Waals surface area contributed by atoms with Crippen molar-refractivity contribution in [3.8, 4) is 0 Å². The minimum atomic E-state index is -0.190. The number of anilines is 1. The number of carbonyl (C=O) groups is 1. The Kier molecular flexibility index (Phi) is 3.86. The summed E-state index contributed by atoms with van der Waals surface area (Å²) >= 11 is 0. The number of aromatic amines is 1. The average molecular weight is 251 g/mol. The van der Waals surface area contributed by atoms with Crippen LogP contribution >= 0.6 is 0 Å². The van der Waals surface area contributed by atoms with Crippen molar-refractivity contribution in [2.45, 2.75) is 19.8 Å². The quantitative estimate of drug-likeness (QED) is 0.724. The monoisotopic (exact) mass is 251 g/mol. The summed E-state index contributed by atoms with van der Waals surface area (Å²) in [4.78, 5) is 14.2. The standard InChI is InChI=1S/C12H21N5O/c1-8-10(13)11(16-15-8)12(18)14-6-9-4-3-5-17(2)7-9/h9H,3-7,13H2,1-2H3,(H,14,18)(H,15,16). The van der Waals surface area contributed by atoms with Crippen LogP contribution in [0.5, 0.6) is 0 Å². The van der Waals surface area contributed by atoms with Crippen molar-refractivity contribution in [1.82, 2.24) is 20.4 Å². The second kappa shape index (κ2) is 5.39. The van der Waals surface area contributed by atoms with E-state index in [2.05, 4.69) is 27.5 Å². The van der Waals surface area contributed by atoms with Gasteiger partial charge in [0, 0.05) is 13.1 Å². The van der Waals surface area contributed by atoms with Gasteiger partial charge in [-0.25, -0.2) is 0 Å². The number of carbonyl (C=O) groups excluding carboxylic acids is 1. The maximum Gasteiger partial charge on any atom is 0.273 e. The van der Waals surface area contributed by atoms with E-state index in [1.807, 2.05) is 0 Å². The zero-order chi connectivity index (χ0) is 13.1. The lowest BCUT2D eigenvalue weighted by Gasteiger charge is -2.29. The number of hydrogen-bond acceptors (Lipinski definition) is 4. The number of aryl methyl sites for hydroxylation is 1. The third-order valence-electron chi connectivity index (χ3n) is 3.48. The largest absolute Gasteiger partial charge is 0.395 e. The molecule has 1 amide bonds. The van der Waals surface area contributed by atoms with Gasteiger partial charge in [0.2, 0.25) is 0 Å². The van der Waals surface area contributed by atoms with Crippen LogP contribution < -0.4 is 11.1 Å². The van der Waals surface area contributed by atoms with Crippen molar-refractivity contribution in [2.24, 2.45) is 5.92 Å². The molecular formula is C12H21N5O. The average Bonchev–Trinajstić information content (AvgIpc) is 2.67. The molecule has 1 fully saturated rings. The fraction of sp³-hybridized carbons (Fsp3) is 0.667. The first-order chi connectivity index (χ1) is 8.58. The Balaban J connectivity index is 1.86. The third kappa shape index (κ3) is 2.81. The van der Waals surface area contributed by atoms with Crippen molar-refractivity contribution in [1.29, 1.82) is 0 Å². The molecule has 1 aliphatic heterocycles. The highest BCUT2D eigenvalue weighted by Gasteiger charge is 2.20. The van der Waals surface area contributed by atoms with E-state index < -0.39 is 0 Å². The maximum atomic E-state index is 11.9. The second-order valence-corrected chi connectivity index (χ2v) is 5.09.